The van der Waals surface area contributed by atoms with Crippen molar-refractivity contribution in [2.75, 3.05) is 13.7 Å². The number of benzene rings is 2. The third-order valence-electron chi connectivity index (χ3n) is 4.80. The second-order valence-corrected chi connectivity index (χ2v) is 7.90. The molecule has 1 atom stereocenters. The van der Waals surface area contributed by atoms with Crippen molar-refractivity contribution >= 4 is 21.6 Å². The summed E-state index contributed by atoms with van der Waals surface area (Å²) in [5, 5.41) is 12.9. The number of methoxy groups -OCH3 is 1. The molecule has 30 heavy (non-hydrogen) atoms. The number of thiophene rings is 1. The van der Waals surface area contributed by atoms with E-state index in [4.69, 9.17) is 9.47 Å². The molecule has 0 unspecified atom stereocenters. The monoisotopic (exact) mass is 422 g/mol. The van der Waals surface area contributed by atoms with Crippen LogP contribution in [0.15, 0.2) is 65.0 Å². The average molecular weight is 423 g/mol. The molecule has 0 aliphatic heterocycles. The topological polar surface area (TPSA) is 73.6 Å². The average Bonchev–Trinajstić information content (AvgIpc) is 3.19. The molecule has 154 valence electrons. The van der Waals surface area contributed by atoms with Crippen LogP contribution in [0.3, 0.4) is 0 Å². The highest BCUT2D eigenvalue weighted by atomic mass is 32.1. The summed E-state index contributed by atoms with van der Waals surface area (Å²) >= 11 is 1.43. The number of aromatic nitrogens is 2. The molecule has 0 spiro atoms. The van der Waals surface area contributed by atoms with Crippen molar-refractivity contribution in [1.29, 1.82) is 0 Å². The van der Waals surface area contributed by atoms with Crippen molar-refractivity contribution in [1.82, 2.24) is 9.55 Å². The van der Waals surface area contributed by atoms with Crippen molar-refractivity contribution in [3.63, 3.8) is 0 Å². The van der Waals surface area contributed by atoms with Gasteiger partial charge in [-0.15, -0.1) is 11.3 Å². The molecule has 6 nitrogen and oxygen atoms in total. The van der Waals surface area contributed by atoms with E-state index >= 15 is 0 Å². The molecule has 0 fully saturated rings. The van der Waals surface area contributed by atoms with Crippen LogP contribution in [0.1, 0.15) is 5.56 Å². The number of ether oxygens (including phenoxy) is 2. The normalized spacial score (nSPS) is 12.1. The number of nitrogens with zero attached hydrogens (tertiary/aromatic N) is 2. The second kappa shape index (κ2) is 8.69. The Morgan fingerprint density at radius 2 is 1.97 bits per heavy atom. The lowest BCUT2D eigenvalue weighted by atomic mass is 10.1. The Hall–Kier alpha value is -3.16. The predicted molar refractivity (Wildman–Crippen MR) is 119 cm³/mol. The van der Waals surface area contributed by atoms with Gasteiger partial charge in [-0.2, -0.15) is 0 Å². The van der Waals surface area contributed by atoms with Crippen LogP contribution in [-0.2, 0) is 6.54 Å². The molecule has 4 rings (SSSR count). The first-order valence-electron chi connectivity index (χ1n) is 9.54. The Kier molecular flexibility index (Phi) is 5.83. The van der Waals surface area contributed by atoms with Crippen molar-refractivity contribution in [2.45, 2.75) is 19.6 Å². The van der Waals surface area contributed by atoms with E-state index in [-0.39, 0.29) is 18.7 Å². The minimum atomic E-state index is -0.842. The molecule has 0 saturated carbocycles. The summed E-state index contributed by atoms with van der Waals surface area (Å²) in [5.74, 6) is 1.44. The molecule has 7 heteroatoms. The van der Waals surface area contributed by atoms with Gasteiger partial charge in [-0.1, -0.05) is 24.3 Å². The first kappa shape index (κ1) is 20.1. The summed E-state index contributed by atoms with van der Waals surface area (Å²) in [6.45, 7) is 2.17. The maximum absolute atomic E-state index is 13.1. The first-order valence-corrected chi connectivity index (χ1v) is 10.4. The molecule has 0 bridgehead atoms. The zero-order chi connectivity index (χ0) is 21.1. The van der Waals surface area contributed by atoms with Crippen LogP contribution in [0.5, 0.6) is 11.5 Å². The zero-order valence-electron chi connectivity index (χ0n) is 16.7. The summed E-state index contributed by atoms with van der Waals surface area (Å²) in [4.78, 5) is 18.2. The van der Waals surface area contributed by atoms with E-state index in [0.29, 0.717) is 16.0 Å². The van der Waals surface area contributed by atoms with Crippen molar-refractivity contribution in [3.05, 3.63) is 76.2 Å². The Morgan fingerprint density at radius 1 is 1.17 bits per heavy atom. The standard InChI is InChI=1S/C23H22N2O4S/c1-15-4-3-5-19(10-15)29-12-17(26)11-25-14-24-22-21(23(25)27)20(13-30-22)16-6-8-18(28-2)9-7-16/h3-10,13-14,17,26H,11-12H2,1-2H3/t17-/m0/s1. The van der Waals surface area contributed by atoms with Gasteiger partial charge in [0.15, 0.2) is 0 Å². The molecule has 0 aliphatic carbocycles. The molecular formula is C23H22N2O4S. The van der Waals surface area contributed by atoms with Gasteiger partial charge >= 0.3 is 0 Å². The van der Waals surface area contributed by atoms with E-state index in [1.54, 1.807) is 7.11 Å². The van der Waals surface area contributed by atoms with Crippen LogP contribution >= 0.6 is 11.3 Å². The predicted octanol–water partition coefficient (Wildman–Crippen LogP) is 3.88. The van der Waals surface area contributed by atoms with Gasteiger partial charge in [0.25, 0.3) is 5.56 Å². The number of aliphatic hydroxyl groups excluding tert-OH is 1. The number of fused-ring (bicyclic) bond motifs is 1. The minimum absolute atomic E-state index is 0.0862. The number of hydrogen-bond donors (Lipinski definition) is 1. The number of hydrogen-bond acceptors (Lipinski definition) is 6. The van der Waals surface area contributed by atoms with Crippen LogP contribution in [-0.4, -0.2) is 34.5 Å². The molecule has 0 radical (unpaired) electrons. The van der Waals surface area contributed by atoms with Crippen LogP contribution in [0, 0.1) is 6.92 Å². The van der Waals surface area contributed by atoms with E-state index < -0.39 is 6.10 Å². The van der Waals surface area contributed by atoms with E-state index in [0.717, 1.165) is 22.4 Å². The fourth-order valence-electron chi connectivity index (χ4n) is 3.26. The summed E-state index contributed by atoms with van der Waals surface area (Å²) in [6.07, 6.45) is 0.639. The lowest BCUT2D eigenvalue weighted by molar-refractivity contribution is 0.0914. The molecule has 1 N–H and O–H groups in total. The third-order valence-corrected chi connectivity index (χ3v) is 5.69. The molecule has 2 aromatic heterocycles. The van der Waals surface area contributed by atoms with Crippen LogP contribution in [0.4, 0.5) is 0 Å². The molecule has 0 saturated heterocycles. The minimum Gasteiger partial charge on any atom is -0.497 e. The van der Waals surface area contributed by atoms with E-state index in [9.17, 15) is 9.90 Å². The molecule has 0 amide bonds. The third kappa shape index (κ3) is 4.22. The lowest BCUT2D eigenvalue weighted by Gasteiger charge is -2.14. The zero-order valence-corrected chi connectivity index (χ0v) is 17.6. The lowest BCUT2D eigenvalue weighted by Crippen LogP contribution is -2.30. The van der Waals surface area contributed by atoms with Gasteiger partial charge in [0.05, 0.1) is 25.4 Å². The van der Waals surface area contributed by atoms with E-state index in [1.165, 1.54) is 22.2 Å². The largest absolute Gasteiger partial charge is 0.497 e. The molecule has 0 aliphatic rings. The van der Waals surface area contributed by atoms with Gasteiger partial charge in [0.2, 0.25) is 0 Å². The van der Waals surface area contributed by atoms with Crippen LogP contribution in [0.25, 0.3) is 21.3 Å². The van der Waals surface area contributed by atoms with E-state index in [1.807, 2.05) is 60.8 Å². The Balaban J connectivity index is 1.56. The van der Waals surface area contributed by atoms with Crippen molar-refractivity contribution in [2.24, 2.45) is 0 Å². The summed E-state index contributed by atoms with van der Waals surface area (Å²) in [5.41, 5.74) is 2.65. The quantitative estimate of drug-likeness (QED) is 0.489. The first-order chi connectivity index (χ1) is 14.5. The van der Waals surface area contributed by atoms with E-state index in [2.05, 4.69) is 4.98 Å². The summed E-state index contributed by atoms with van der Waals surface area (Å²) < 4.78 is 12.3. The highest BCUT2D eigenvalue weighted by molar-refractivity contribution is 7.17. The van der Waals surface area contributed by atoms with Gasteiger partial charge in [-0.05, 0) is 42.3 Å². The second-order valence-electron chi connectivity index (χ2n) is 7.04. The highest BCUT2D eigenvalue weighted by Crippen LogP contribution is 2.31. The SMILES string of the molecule is COc1ccc(-c2csc3ncn(C[C@H](O)COc4cccc(C)c4)c(=O)c23)cc1. The molecule has 4 aromatic rings. The van der Waals surface area contributed by atoms with Gasteiger partial charge < -0.3 is 14.6 Å². The Bertz CT molecular complexity index is 1210. The number of aryl methyl sites for hydroxylation is 1. The van der Waals surface area contributed by atoms with Crippen molar-refractivity contribution < 1.29 is 14.6 Å². The fraction of sp³-hybridized carbons (Fsp3) is 0.217. The van der Waals surface area contributed by atoms with Gasteiger partial charge in [0, 0.05) is 10.9 Å². The number of aliphatic hydroxyl groups is 1. The molecule has 2 aromatic carbocycles. The van der Waals surface area contributed by atoms with Gasteiger partial charge in [-0.3, -0.25) is 9.36 Å². The Labute approximate surface area is 178 Å². The summed E-state index contributed by atoms with van der Waals surface area (Å²) in [6, 6.07) is 15.2. The van der Waals surface area contributed by atoms with Gasteiger partial charge in [-0.25, -0.2) is 4.98 Å². The number of rotatable bonds is 7. The maximum Gasteiger partial charge on any atom is 0.262 e. The fourth-order valence-corrected chi connectivity index (χ4v) is 4.16. The van der Waals surface area contributed by atoms with Gasteiger partial charge in [0.1, 0.15) is 29.0 Å². The smallest absolute Gasteiger partial charge is 0.262 e. The molecule has 2 heterocycles. The summed E-state index contributed by atoms with van der Waals surface area (Å²) in [7, 11) is 1.62. The maximum atomic E-state index is 13.1. The molecular weight excluding hydrogens is 400 g/mol. The van der Waals surface area contributed by atoms with Crippen LogP contribution < -0.4 is 15.0 Å². The van der Waals surface area contributed by atoms with Crippen molar-refractivity contribution in [3.8, 4) is 22.6 Å². The van der Waals surface area contributed by atoms with Crippen LogP contribution in [0.2, 0.25) is 0 Å². The highest BCUT2D eigenvalue weighted by Gasteiger charge is 2.15. The Morgan fingerprint density at radius 3 is 2.70 bits per heavy atom.